The summed E-state index contributed by atoms with van der Waals surface area (Å²) in [7, 11) is 3.91. The molecule has 2 N–H and O–H groups in total. The van der Waals surface area contributed by atoms with Crippen LogP contribution in [0.1, 0.15) is 16.1 Å². The highest BCUT2D eigenvalue weighted by molar-refractivity contribution is 7.80. The fourth-order valence-electron chi connectivity index (χ4n) is 3.48. The van der Waals surface area contributed by atoms with Crippen LogP contribution in [-0.4, -0.2) is 46.7 Å². The number of carbonyl (C=O) groups excluding carboxylic acids is 2. The van der Waals surface area contributed by atoms with Gasteiger partial charge in [0.1, 0.15) is 5.57 Å². The first-order valence-corrected chi connectivity index (χ1v) is 10.4. The summed E-state index contributed by atoms with van der Waals surface area (Å²) in [6, 6.07) is 17.2. The molecule has 166 valence electrons. The molecule has 1 aliphatic rings. The molecule has 0 atom stereocenters. The topological polar surface area (TPSA) is 94.9 Å². The van der Waals surface area contributed by atoms with E-state index in [4.69, 9.17) is 12.2 Å². The largest absolute Gasteiger partial charge is 0.478 e. The number of rotatable bonds is 5. The van der Waals surface area contributed by atoms with Crippen molar-refractivity contribution in [3.05, 3.63) is 83.7 Å². The third-order valence-corrected chi connectivity index (χ3v) is 5.45. The van der Waals surface area contributed by atoms with E-state index in [2.05, 4.69) is 5.32 Å². The Bertz CT molecular complexity index is 1310. The fraction of sp³-hybridized carbons (Fsp3) is 0.0833. The Balaban J connectivity index is 1.71. The Kier molecular flexibility index (Phi) is 5.80. The van der Waals surface area contributed by atoms with Crippen molar-refractivity contribution in [2.75, 3.05) is 23.9 Å². The van der Waals surface area contributed by atoms with E-state index >= 15 is 0 Å². The highest BCUT2D eigenvalue weighted by atomic mass is 32.1. The molecule has 1 saturated heterocycles. The molecule has 0 spiro atoms. The number of hydrogen-bond acceptors (Lipinski definition) is 5. The first-order chi connectivity index (χ1) is 15.8. The van der Waals surface area contributed by atoms with Gasteiger partial charge in [0.05, 0.1) is 11.3 Å². The summed E-state index contributed by atoms with van der Waals surface area (Å²) in [5.74, 6) is -2.39. The van der Waals surface area contributed by atoms with Crippen LogP contribution in [0, 0.1) is 0 Å². The van der Waals surface area contributed by atoms with Crippen LogP contribution in [0.15, 0.2) is 72.4 Å². The van der Waals surface area contributed by atoms with Crippen LogP contribution >= 0.6 is 12.2 Å². The molecule has 0 bridgehead atoms. The van der Waals surface area contributed by atoms with E-state index in [9.17, 15) is 19.5 Å². The van der Waals surface area contributed by atoms with Gasteiger partial charge in [-0.15, -0.1) is 0 Å². The van der Waals surface area contributed by atoms with Gasteiger partial charge in [0.2, 0.25) is 0 Å². The lowest BCUT2D eigenvalue weighted by atomic mass is 10.1. The summed E-state index contributed by atoms with van der Waals surface area (Å²) in [6.07, 6.45) is 3.33. The van der Waals surface area contributed by atoms with Crippen molar-refractivity contribution in [3.8, 4) is 5.69 Å². The molecule has 0 unspecified atom stereocenters. The van der Waals surface area contributed by atoms with Gasteiger partial charge in [0, 0.05) is 37.4 Å². The number of thiocarbonyl (C=S) groups is 1. The first kappa shape index (κ1) is 22.0. The minimum absolute atomic E-state index is 0.000534. The number of nitrogens with one attached hydrogen (secondary N) is 1. The minimum atomic E-state index is -1.13. The second kappa shape index (κ2) is 8.71. The first-order valence-electron chi connectivity index (χ1n) is 9.96. The molecular formula is C24H20N4O4S. The molecule has 9 heteroatoms. The summed E-state index contributed by atoms with van der Waals surface area (Å²) in [4.78, 5) is 40.4. The maximum atomic E-state index is 13.3. The summed E-state index contributed by atoms with van der Waals surface area (Å²) in [6.45, 7) is 0. The van der Waals surface area contributed by atoms with Crippen LogP contribution in [0.4, 0.5) is 11.4 Å². The van der Waals surface area contributed by atoms with Crippen molar-refractivity contribution in [1.29, 1.82) is 0 Å². The van der Waals surface area contributed by atoms with Gasteiger partial charge < -0.3 is 14.6 Å². The quantitative estimate of drug-likeness (QED) is 0.345. The van der Waals surface area contributed by atoms with Gasteiger partial charge in [0.15, 0.2) is 5.11 Å². The van der Waals surface area contributed by atoms with Crippen molar-refractivity contribution >= 4 is 52.6 Å². The second-order valence-electron chi connectivity index (χ2n) is 7.53. The molecule has 1 aromatic heterocycles. The highest BCUT2D eigenvalue weighted by Gasteiger charge is 2.35. The monoisotopic (exact) mass is 460 g/mol. The summed E-state index contributed by atoms with van der Waals surface area (Å²) >= 11 is 5.20. The molecule has 0 saturated carbocycles. The molecule has 2 heterocycles. The van der Waals surface area contributed by atoms with E-state index in [1.54, 1.807) is 12.1 Å². The number of anilines is 2. The SMILES string of the molecule is CN(C)c1ccc(-n2cccc2C=C2C(=O)NC(=S)N(c3cccc(C(=O)O)c3)C2=O)cc1. The number of benzene rings is 2. The Hall–Kier alpha value is -4.24. The normalized spacial score (nSPS) is 15.0. The van der Waals surface area contributed by atoms with E-state index in [0.717, 1.165) is 16.3 Å². The molecule has 1 fully saturated rings. The minimum Gasteiger partial charge on any atom is -0.478 e. The van der Waals surface area contributed by atoms with Crippen LogP contribution in [0.3, 0.4) is 0 Å². The zero-order chi connectivity index (χ0) is 23.7. The standard InChI is InChI=1S/C24H20N4O4S/c1-26(2)16-8-10-17(11-9-16)27-12-4-7-18(27)14-20-21(29)25-24(33)28(22(20)30)19-6-3-5-15(13-19)23(31)32/h3-14H,1-2H3,(H,31,32)(H,25,29,33). The molecule has 33 heavy (non-hydrogen) atoms. The van der Waals surface area contributed by atoms with Crippen LogP contribution in [-0.2, 0) is 9.59 Å². The third-order valence-electron chi connectivity index (χ3n) is 5.17. The number of carboxylic acids is 1. The van der Waals surface area contributed by atoms with Gasteiger partial charge in [-0.25, -0.2) is 4.79 Å². The lowest BCUT2D eigenvalue weighted by Gasteiger charge is -2.29. The smallest absolute Gasteiger partial charge is 0.335 e. The van der Waals surface area contributed by atoms with E-state index in [-0.39, 0.29) is 21.9 Å². The molecule has 3 aromatic rings. The number of hydrogen-bond donors (Lipinski definition) is 2. The fourth-order valence-corrected chi connectivity index (χ4v) is 3.76. The van der Waals surface area contributed by atoms with Crippen molar-refractivity contribution in [1.82, 2.24) is 9.88 Å². The number of carboxylic acid groups (broad SMARTS) is 1. The molecule has 4 rings (SSSR count). The van der Waals surface area contributed by atoms with E-state index in [1.807, 2.05) is 60.1 Å². The van der Waals surface area contributed by atoms with Crippen LogP contribution in [0.25, 0.3) is 11.8 Å². The van der Waals surface area contributed by atoms with Crippen LogP contribution in [0.5, 0.6) is 0 Å². The summed E-state index contributed by atoms with van der Waals surface area (Å²) < 4.78 is 1.86. The Morgan fingerprint density at radius 2 is 1.76 bits per heavy atom. The molecular weight excluding hydrogens is 440 g/mol. The Morgan fingerprint density at radius 1 is 1.03 bits per heavy atom. The van der Waals surface area contributed by atoms with E-state index < -0.39 is 17.8 Å². The highest BCUT2D eigenvalue weighted by Crippen LogP contribution is 2.24. The third kappa shape index (κ3) is 4.26. The van der Waals surface area contributed by atoms with Gasteiger partial charge in [-0.2, -0.15) is 0 Å². The number of amides is 2. The van der Waals surface area contributed by atoms with E-state index in [0.29, 0.717) is 5.69 Å². The maximum absolute atomic E-state index is 13.3. The molecule has 0 aliphatic carbocycles. The Labute approximate surface area is 195 Å². The number of nitrogens with zero attached hydrogens (tertiary/aromatic N) is 3. The number of aromatic carboxylic acids is 1. The predicted molar refractivity (Wildman–Crippen MR) is 130 cm³/mol. The number of carbonyl (C=O) groups is 3. The van der Waals surface area contributed by atoms with Gasteiger partial charge in [-0.05, 0) is 72.9 Å². The average molecular weight is 461 g/mol. The number of aromatic nitrogens is 1. The summed E-state index contributed by atoms with van der Waals surface area (Å²) in [5.41, 5.74) is 2.67. The zero-order valence-corrected chi connectivity index (χ0v) is 18.7. The lowest BCUT2D eigenvalue weighted by molar-refractivity contribution is -0.122. The van der Waals surface area contributed by atoms with Gasteiger partial charge in [-0.1, -0.05) is 6.07 Å². The predicted octanol–water partition coefficient (Wildman–Crippen LogP) is 3.07. The van der Waals surface area contributed by atoms with E-state index in [1.165, 1.54) is 24.3 Å². The maximum Gasteiger partial charge on any atom is 0.335 e. The molecule has 1 aliphatic heterocycles. The summed E-state index contributed by atoms with van der Waals surface area (Å²) in [5, 5.41) is 11.7. The molecule has 2 amide bonds. The Morgan fingerprint density at radius 3 is 2.42 bits per heavy atom. The van der Waals surface area contributed by atoms with Crippen LogP contribution in [0.2, 0.25) is 0 Å². The molecule has 2 aromatic carbocycles. The zero-order valence-electron chi connectivity index (χ0n) is 17.9. The molecule has 8 nitrogen and oxygen atoms in total. The average Bonchev–Trinajstić information content (AvgIpc) is 3.25. The van der Waals surface area contributed by atoms with Crippen LogP contribution < -0.4 is 15.1 Å². The van der Waals surface area contributed by atoms with Gasteiger partial charge in [-0.3, -0.25) is 19.8 Å². The van der Waals surface area contributed by atoms with Crippen molar-refractivity contribution < 1.29 is 19.5 Å². The second-order valence-corrected chi connectivity index (χ2v) is 7.91. The molecule has 0 radical (unpaired) electrons. The van der Waals surface area contributed by atoms with Gasteiger partial charge >= 0.3 is 5.97 Å². The van der Waals surface area contributed by atoms with Crippen molar-refractivity contribution in [3.63, 3.8) is 0 Å². The van der Waals surface area contributed by atoms with Gasteiger partial charge in [0.25, 0.3) is 11.8 Å². The van der Waals surface area contributed by atoms with Crippen molar-refractivity contribution in [2.24, 2.45) is 0 Å². The van der Waals surface area contributed by atoms with Crippen molar-refractivity contribution in [2.45, 2.75) is 0 Å². The lowest BCUT2D eigenvalue weighted by Crippen LogP contribution is -2.54.